The van der Waals surface area contributed by atoms with Gasteiger partial charge in [-0.1, -0.05) is 30.3 Å². The molecular formula is C18H17F3O3. The minimum Gasteiger partial charge on any atom is -0.489 e. The van der Waals surface area contributed by atoms with Crippen LogP contribution in [-0.2, 0) is 6.61 Å². The molecule has 0 aromatic heterocycles. The van der Waals surface area contributed by atoms with Gasteiger partial charge in [0.1, 0.15) is 0 Å². The number of ether oxygens (including phenoxy) is 2. The fourth-order valence-electron chi connectivity index (χ4n) is 2.43. The van der Waals surface area contributed by atoms with Crippen molar-refractivity contribution in [1.82, 2.24) is 0 Å². The van der Waals surface area contributed by atoms with E-state index < -0.39 is 6.36 Å². The predicted molar refractivity (Wildman–Crippen MR) is 82.7 cm³/mol. The van der Waals surface area contributed by atoms with Gasteiger partial charge in [-0.2, -0.15) is 0 Å². The molecule has 1 saturated carbocycles. The Balaban J connectivity index is 1.94. The molecule has 0 amide bonds. The van der Waals surface area contributed by atoms with Crippen LogP contribution in [0.4, 0.5) is 13.2 Å². The number of benzene rings is 2. The largest absolute Gasteiger partial charge is 0.573 e. The van der Waals surface area contributed by atoms with Crippen LogP contribution >= 0.6 is 0 Å². The number of aliphatic hydroxyl groups excluding tert-OH is 1. The van der Waals surface area contributed by atoms with Crippen molar-refractivity contribution in [2.75, 3.05) is 6.61 Å². The molecule has 0 atom stereocenters. The Morgan fingerprint density at radius 1 is 1.04 bits per heavy atom. The van der Waals surface area contributed by atoms with E-state index in [1.54, 1.807) is 30.3 Å². The summed E-state index contributed by atoms with van der Waals surface area (Å²) in [5, 5.41) is 9.41. The minimum atomic E-state index is -4.80. The molecule has 0 heterocycles. The van der Waals surface area contributed by atoms with E-state index in [4.69, 9.17) is 4.74 Å². The van der Waals surface area contributed by atoms with E-state index in [-0.39, 0.29) is 18.1 Å². The summed E-state index contributed by atoms with van der Waals surface area (Å²) in [6, 6.07) is 11.4. The third-order valence-electron chi connectivity index (χ3n) is 3.84. The molecule has 0 radical (unpaired) electrons. The summed E-state index contributed by atoms with van der Waals surface area (Å²) in [4.78, 5) is 0. The lowest BCUT2D eigenvalue weighted by Gasteiger charge is -2.16. The molecule has 1 fully saturated rings. The van der Waals surface area contributed by atoms with E-state index >= 15 is 0 Å². The van der Waals surface area contributed by atoms with E-state index in [1.807, 2.05) is 0 Å². The molecule has 1 aliphatic carbocycles. The van der Waals surface area contributed by atoms with Crippen molar-refractivity contribution < 1.29 is 27.8 Å². The third kappa shape index (κ3) is 4.20. The second-order valence-electron chi connectivity index (χ2n) is 5.78. The zero-order valence-corrected chi connectivity index (χ0v) is 12.8. The second kappa shape index (κ2) is 6.73. The van der Waals surface area contributed by atoms with Crippen LogP contribution in [0.5, 0.6) is 11.5 Å². The Bertz CT molecular complexity index is 709. The molecule has 2 aromatic rings. The summed E-state index contributed by atoms with van der Waals surface area (Å²) >= 11 is 0. The van der Waals surface area contributed by atoms with Crippen molar-refractivity contribution in [2.45, 2.75) is 25.8 Å². The third-order valence-corrected chi connectivity index (χ3v) is 3.84. The van der Waals surface area contributed by atoms with E-state index in [0.29, 0.717) is 29.2 Å². The molecule has 0 unspecified atom stereocenters. The summed E-state index contributed by atoms with van der Waals surface area (Å²) < 4.78 is 47.7. The van der Waals surface area contributed by atoms with Gasteiger partial charge in [-0.25, -0.2) is 0 Å². The van der Waals surface area contributed by atoms with Gasteiger partial charge in [0, 0.05) is 0 Å². The SMILES string of the molecule is OCc1ccccc1-c1ccc(OCC2CC2)c(OC(F)(F)F)c1. The van der Waals surface area contributed by atoms with E-state index in [0.717, 1.165) is 12.8 Å². The van der Waals surface area contributed by atoms with Gasteiger partial charge in [-0.15, -0.1) is 13.2 Å². The Labute approximate surface area is 137 Å². The maximum atomic E-state index is 12.7. The predicted octanol–water partition coefficient (Wildman–Crippen LogP) is 4.53. The lowest BCUT2D eigenvalue weighted by atomic mass is 10.00. The monoisotopic (exact) mass is 338 g/mol. The van der Waals surface area contributed by atoms with Crippen LogP contribution in [0.1, 0.15) is 18.4 Å². The van der Waals surface area contributed by atoms with Gasteiger partial charge in [0.25, 0.3) is 0 Å². The molecule has 1 aliphatic rings. The molecule has 128 valence electrons. The van der Waals surface area contributed by atoms with Crippen molar-refractivity contribution in [2.24, 2.45) is 5.92 Å². The number of hydrogen-bond donors (Lipinski definition) is 1. The van der Waals surface area contributed by atoms with Crippen LogP contribution in [0.25, 0.3) is 11.1 Å². The van der Waals surface area contributed by atoms with Crippen molar-refractivity contribution in [3.05, 3.63) is 48.0 Å². The number of halogens is 3. The first-order chi connectivity index (χ1) is 11.5. The molecule has 24 heavy (non-hydrogen) atoms. The van der Waals surface area contributed by atoms with Gasteiger partial charge in [-0.3, -0.25) is 0 Å². The number of rotatable bonds is 6. The van der Waals surface area contributed by atoms with Gasteiger partial charge in [0.05, 0.1) is 13.2 Å². The Morgan fingerprint density at radius 2 is 1.79 bits per heavy atom. The molecule has 3 rings (SSSR count). The Morgan fingerprint density at radius 3 is 2.46 bits per heavy atom. The van der Waals surface area contributed by atoms with Gasteiger partial charge >= 0.3 is 6.36 Å². The maximum absolute atomic E-state index is 12.7. The van der Waals surface area contributed by atoms with Crippen LogP contribution in [0.2, 0.25) is 0 Å². The molecule has 0 bridgehead atoms. The van der Waals surface area contributed by atoms with Gasteiger partial charge in [-0.05, 0) is 47.6 Å². The normalized spacial score (nSPS) is 14.5. The quantitative estimate of drug-likeness (QED) is 0.841. The number of aliphatic hydroxyl groups is 1. The fraction of sp³-hybridized carbons (Fsp3) is 0.333. The number of hydrogen-bond acceptors (Lipinski definition) is 3. The van der Waals surface area contributed by atoms with Crippen molar-refractivity contribution >= 4 is 0 Å². The van der Waals surface area contributed by atoms with Crippen LogP contribution < -0.4 is 9.47 Å². The topological polar surface area (TPSA) is 38.7 Å². The highest BCUT2D eigenvalue weighted by molar-refractivity contribution is 5.70. The first kappa shape index (κ1) is 16.6. The average molecular weight is 338 g/mol. The maximum Gasteiger partial charge on any atom is 0.573 e. The van der Waals surface area contributed by atoms with Crippen molar-refractivity contribution in [3.63, 3.8) is 0 Å². The summed E-state index contributed by atoms with van der Waals surface area (Å²) in [6.45, 7) is 0.187. The van der Waals surface area contributed by atoms with Crippen molar-refractivity contribution in [1.29, 1.82) is 0 Å². The molecule has 6 heteroatoms. The smallest absolute Gasteiger partial charge is 0.489 e. The summed E-state index contributed by atoms with van der Waals surface area (Å²) in [6.07, 6.45) is -2.72. The molecular weight excluding hydrogens is 321 g/mol. The highest BCUT2D eigenvalue weighted by Gasteiger charge is 2.33. The molecule has 3 nitrogen and oxygen atoms in total. The lowest BCUT2D eigenvalue weighted by molar-refractivity contribution is -0.275. The van der Waals surface area contributed by atoms with Crippen LogP contribution in [-0.4, -0.2) is 18.1 Å². The standard InChI is InChI=1S/C18H17F3O3/c19-18(20,21)24-17-9-13(15-4-2-1-3-14(15)10-22)7-8-16(17)23-11-12-5-6-12/h1-4,7-9,12,22H,5-6,10-11H2. The molecule has 0 spiro atoms. The van der Waals surface area contributed by atoms with Crippen LogP contribution in [0, 0.1) is 5.92 Å². The lowest BCUT2D eigenvalue weighted by Crippen LogP contribution is -2.18. The van der Waals surface area contributed by atoms with Gasteiger partial charge in [0.15, 0.2) is 11.5 Å². The zero-order valence-electron chi connectivity index (χ0n) is 12.8. The van der Waals surface area contributed by atoms with E-state index in [2.05, 4.69) is 4.74 Å². The molecule has 0 saturated heterocycles. The Hall–Kier alpha value is -2.21. The summed E-state index contributed by atoms with van der Waals surface area (Å²) in [5.74, 6) is 0.122. The minimum absolute atomic E-state index is 0.0736. The van der Waals surface area contributed by atoms with E-state index in [1.165, 1.54) is 12.1 Å². The summed E-state index contributed by atoms with van der Waals surface area (Å²) in [7, 11) is 0. The van der Waals surface area contributed by atoms with Crippen LogP contribution in [0.15, 0.2) is 42.5 Å². The van der Waals surface area contributed by atoms with Gasteiger partial charge < -0.3 is 14.6 Å². The van der Waals surface area contributed by atoms with Gasteiger partial charge in [0.2, 0.25) is 0 Å². The highest BCUT2D eigenvalue weighted by atomic mass is 19.4. The first-order valence-electron chi connectivity index (χ1n) is 7.68. The molecule has 2 aromatic carbocycles. The second-order valence-corrected chi connectivity index (χ2v) is 5.78. The van der Waals surface area contributed by atoms with Crippen LogP contribution in [0.3, 0.4) is 0 Å². The number of alkyl halides is 3. The summed E-state index contributed by atoms with van der Waals surface area (Å²) in [5.41, 5.74) is 1.81. The van der Waals surface area contributed by atoms with E-state index in [9.17, 15) is 18.3 Å². The zero-order chi connectivity index (χ0) is 17.2. The van der Waals surface area contributed by atoms with Crippen molar-refractivity contribution in [3.8, 4) is 22.6 Å². The first-order valence-corrected chi connectivity index (χ1v) is 7.68. The Kier molecular flexibility index (Phi) is 4.66. The fourth-order valence-corrected chi connectivity index (χ4v) is 2.43. The highest BCUT2D eigenvalue weighted by Crippen LogP contribution is 2.38. The molecule has 1 N–H and O–H groups in total. The average Bonchev–Trinajstić information content (AvgIpc) is 3.36. The molecule has 0 aliphatic heterocycles.